The van der Waals surface area contributed by atoms with Gasteiger partial charge in [-0.25, -0.2) is 22.3 Å². The first-order valence-electron chi connectivity index (χ1n) is 10.2. The number of ether oxygens (including phenoxy) is 2. The number of sulfonamides is 1. The largest absolute Gasteiger partial charge is 0.489 e. The molecule has 0 fully saturated rings. The molecule has 3 aromatic rings. The number of esters is 1. The van der Waals surface area contributed by atoms with E-state index in [1.165, 1.54) is 19.2 Å². The van der Waals surface area contributed by atoms with Crippen LogP contribution in [-0.4, -0.2) is 33.8 Å². The van der Waals surface area contributed by atoms with Crippen LogP contribution in [0.4, 0.5) is 4.39 Å². The van der Waals surface area contributed by atoms with Gasteiger partial charge in [0.05, 0.1) is 22.8 Å². The maximum atomic E-state index is 13.1. The summed E-state index contributed by atoms with van der Waals surface area (Å²) in [6.45, 7) is 0.574. The minimum atomic E-state index is -3.75. The molecule has 0 saturated carbocycles. The normalized spacial score (nSPS) is 15.0. The lowest BCUT2D eigenvalue weighted by atomic mass is 9.98. The number of methoxy groups -OCH3 is 1. The molecule has 1 heterocycles. The Labute approximate surface area is 196 Å². The van der Waals surface area contributed by atoms with E-state index in [-0.39, 0.29) is 16.7 Å². The third-order valence-corrected chi connectivity index (χ3v) is 7.99. The summed E-state index contributed by atoms with van der Waals surface area (Å²) < 4.78 is 51.5. The molecule has 4 rings (SSSR count). The Morgan fingerprint density at radius 3 is 2.64 bits per heavy atom. The van der Waals surface area contributed by atoms with E-state index in [9.17, 15) is 17.6 Å². The van der Waals surface area contributed by atoms with Crippen LogP contribution >= 0.6 is 11.8 Å². The van der Waals surface area contributed by atoms with Gasteiger partial charge in [0, 0.05) is 17.9 Å². The summed E-state index contributed by atoms with van der Waals surface area (Å²) in [6, 6.07) is 17.8. The number of halogens is 1. The van der Waals surface area contributed by atoms with Gasteiger partial charge in [-0.15, -0.1) is 11.8 Å². The Kier molecular flexibility index (Phi) is 7.02. The molecule has 0 spiro atoms. The van der Waals surface area contributed by atoms with Crippen LogP contribution in [0.1, 0.15) is 32.3 Å². The van der Waals surface area contributed by atoms with Crippen molar-refractivity contribution in [3.05, 3.63) is 94.8 Å². The minimum Gasteiger partial charge on any atom is -0.489 e. The smallest absolute Gasteiger partial charge is 0.337 e. The minimum absolute atomic E-state index is 0.00942. The Morgan fingerprint density at radius 2 is 1.88 bits per heavy atom. The fourth-order valence-corrected chi connectivity index (χ4v) is 5.99. The SMILES string of the molecule is COC(=O)c1ccc2c(c1)C(SCCNS(=O)(=O)c1ccc(F)cc1)c1ccccc1CO2. The molecule has 0 aliphatic carbocycles. The molecule has 0 bridgehead atoms. The van der Waals surface area contributed by atoms with Crippen LogP contribution in [0.2, 0.25) is 0 Å². The molecule has 1 aliphatic heterocycles. The van der Waals surface area contributed by atoms with Gasteiger partial charge in [0.15, 0.2) is 0 Å². The molecule has 1 N–H and O–H groups in total. The van der Waals surface area contributed by atoms with Crippen LogP contribution in [0.3, 0.4) is 0 Å². The van der Waals surface area contributed by atoms with Gasteiger partial charge >= 0.3 is 5.97 Å². The standard InChI is InChI=1S/C24H22FNO5S2/c1-30-24(27)16-6-11-22-21(14-16)23(20-5-3-2-4-17(20)15-31-22)32-13-12-26-33(28,29)19-9-7-18(25)8-10-19/h2-11,14,23,26H,12-13,15H2,1H3. The molecule has 0 amide bonds. The van der Waals surface area contributed by atoms with Crippen molar-refractivity contribution in [2.75, 3.05) is 19.4 Å². The topological polar surface area (TPSA) is 81.7 Å². The van der Waals surface area contributed by atoms with Gasteiger partial charge in [0.25, 0.3) is 0 Å². The van der Waals surface area contributed by atoms with Crippen molar-refractivity contribution in [1.82, 2.24) is 4.72 Å². The molecule has 9 heteroatoms. The van der Waals surface area contributed by atoms with Crippen molar-refractivity contribution in [1.29, 1.82) is 0 Å². The van der Waals surface area contributed by atoms with Gasteiger partial charge in [0.2, 0.25) is 10.0 Å². The Bertz CT molecular complexity index is 1260. The van der Waals surface area contributed by atoms with E-state index < -0.39 is 21.8 Å². The number of hydrogen-bond acceptors (Lipinski definition) is 6. The summed E-state index contributed by atoms with van der Waals surface area (Å²) in [5, 5.41) is -0.168. The van der Waals surface area contributed by atoms with Gasteiger partial charge in [-0.3, -0.25) is 0 Å². The summed E-state index contributed by atoms with van der Waals surface area (Å²) in [4.78, 5) is 12.1. The molecule has 1 aliphatic rings. The van der Waals surface area contributed by atoms with E-state index in [4.69, 9.17) is 9.47 Å². The fourth-order valence-electron chi connectivity index (χ4n) is 3.60. The zero-order valence-electron chi connectivity index (χ0n) is 17.8. The van der Waals surface area contributed by atoms with Crippen LogP contribution in [0.25, 0.3) is 0 Å². The Hall–Kier alpha value is -2.88. The highest BCUT2D eigenvalue weighted by Crippen LogP contribution is 2.44. The Morgan fingerprint density at radius 1 is 1.12 bits per heavy atom. The summed E-state index contributed by atoms with van der Waals surface area (Å²) in [5.41, 5.74) is 3.32. The average Bonchev–Trinajstić information content (AvgIpc) is 2.98. The first kappa shape index (κ1) is 23.3. The second-order valence-electron chi connectivity index (χ2n) is 7.33. The summed E-state index contributed by atoms with van der Waals surface area (Å²) in [6.07, 6.45) is 0. The lowest BCUT2D eigenvalue weighted by Gasteiger charge is -2.19. The highest BCUT2D eigenvalue weighted by Gasteiger charge is 2.26. The third kappa shape index (κ3) is 5.21. The maximum Gasteiger partial charge on any atom is 0.337 e. The van der Waals surface area contributed by atoms with Crippen LogP contribution in [0, 0.1) is 5.82 Å². The maximum absolute atomic E-state index is 13.1. The third-order valence-electron chi connectivity index (χ3n) is 5.24. The second kappa shape index (κ2) is 9.94. The van der Waals surface area contributed by atoms with Crippen molar-refractivity contribution in [2.45, 2.75) is 16.8 Å². The molecule has 1 unspecified atom stereocenters. The molecular formula is C24H22FNO5S2. The first-order chi connectivity index (χ1) is 15.9. The molecule has 0 aromatic heterocycles. The first-order valence-corrected chi connectivity index (χ1v) is 12.7. The van der Waals surface area contributed by atoms with E-state index >= 15 is 0 Å². The molecule has 172 valence electrons. The monoisotopic (exact) mass is 487 g/mol. The zero-order valence-corrected chi connectivity index (χ0v) is 19.4. The van der Waals surface area contributed by atoms with Crippen molar-refractivity contribution < 1.29 is 27.1 Å². The van der Waals surface area contributed by atoms with Crippen LogP contribution in [0.15, 0.2) is 71.6 Å². The van der Waals surface area contributed by atoms with E-state index in [0.717, 1.165) is 28.8 Å². The zero-order chi connectivity index (χ0) is 23.4. The van der Waals surface area contributed by atoms with Crippen molar-refractivity contribution in [2.24, 2.45) is 0 Å². The van der Waals surface area contributed by atoms with Gasteiger partial charge in [-0.1, -0.05) is 24.3 Å². The molecule has 6 nitrogen and oxygen atoms in total. The van der Waals surface area contributed by atoms with E-state index in [1.54, 1.807) is 30.0 Å². The van der Waals surface area contributed by atoms with Crippen molar-refractivity contribution in [3.8, 4) is 5.75 Å². The number of carbonyl (C=O) groups excluding carboxylic acids is 1. The van der Waals surface area contributed by atoms with Gasteiger partial charge < -0.3 is 9.47 Å². The average molecular weight is 488 g/mol. The Balaban J connectivity index is 1.55. The summed E-state index contributed by atoms with van der Waals surface area (Å²) in [7, 11) is -2.41. The number of rotatable bonds is 7. The number of carbonyl (C=O) groups is 1. The molecule has 3 aromatic carbocycles. The van der Waals surface area contributed by atoms with Crippen molar-refractivity contribution >= 4 is 27.8 Å². The van der Waals surface area contributed by atoms with Crippen molar-refractivity contribution in [3.63, 3.8) is 0 Å². The molecule has 33 heavy (non-hydrogen) atoms. The second-order valence-corrected chi connectivity index (χ2v) is 10.3. The number of nitrogens with one attached hydrogen (secondary N) is 1. The van der Waals surface area contributed by atoms with Crippen LogP contribution in [0.5, 0.6) is 5.75 Å². The number of fused-ring (bicyclic) bond motifs is 2. The summed E-state index contributed by atoms with van der Waals surface area (Å²) in [5.74, 6) is 0.194. The van der Waals surface area contributed by atoms with Crippen LogP contribution in [-0.2, 0) is 21.4 Å². The van der Waals surface area contributed by atoms with E-state index in [2.05, 4.69) is 4.72 Å². The number of thioether (sulfide) groups is 1. The lowest BCUT2D eigenvalue weighted by molar-refractivity contribution is 0.0600. The highest BCUT2D eigenvalue weighted by molar-refractivity contribution is 7.99. The molecule has 0 radical (unpaired) electrons. The molecular weight excluding hydrogens is 465 g/mol. The quantitative estimate of drug-likeness (QED) is 0.395. The number of benzene rings is 3. The van der Waals surface area contributed by atoms with Gasteiger partial charge in [-0.05, 0) is 53.6 Å². The number of hydrogen-bond donors (Lipinski definition) is 1. The fraction of sp³-hybridized carbons (Fsp3) is 0.208. The van der Waals surface area contributed by atoms with Gasteiger partial charge in [-0.2, -0.15) is 0 Å². The molecule has 0 saturated heterocycles. The van der Waals surface area contributed by atoms with Crippen LogP contribution < -0.4 is 9.46 Å². The summed E-state index contributed by atoms with van der Waals surface area (Å²) >= 11 is 1.54. The van der Waals surface area contributed by atoms with E-state index in [0.29, 0.717) is 23.7 Å². The molecule has 1 atom stereocenters. The highest BCUT2D eigenvalue weighted by atomic mass is 32.2. The van der Waals surface area contributed by atoms with Gasteiger partial charge in [0.1, 0.15) is 18.2 Å². The predicted octanol–water partition coefficient (Wildman–Crippen LogP) is 4.31. The van der Waals surface area contributed by atoms with E-state index in [1.807, 2.05) is 24.3 Å². The predicted molar refractivity (Wildman–Crippen MR) is 124 cm³/mol. The lowest BCUT2D eigenvalue weighted by Crippen LogP contribution is -2.26.